The van der Waals surface area contributed by atoms with Crippen LogP contribution in [0.3, 0.4) is 0 Å². The number of aryl methyl sites for hydroxylation is 1. The minimum atomic E-state index is 0.309. The zero-order chi connectivity index (χ0) is 15.5. The van der Waals surface area contributed by atoms with E-state index in [4.69, 9.17) is 0 Å². The highest BCUT2D eigenvalue weighted by Crippen LogP contribution is 2.36. The molecule has 1 aliphatic carbocycles. The lowest BCUT2D eigenvalue weighted by molar-refractivity contribution is -0.132. The molecule has 3 nitrogen and oxygen atoms in total. The Morgan fingerprint density at radius 2 is 1.95 bits per heavy atom. The van der Waals surface area contributed by atoms with Crippen LogP contribution in [0.2, 0.25) is 0 Å². The molecule has 1 aromatic rings. The summed E-state index contributed by atoms with van der Waals surface area (Å²) in [5.74, 6) is 0.309. The van der Waals surface area contributed by atoms with Gasteiger partial charge in [-0.05, 0) is 50.3 Å². The standard InChI is InChI=1S/C19H28N2O/c1-3-19(22)21-13-11-16(12-14-21)20(2)18-10-6-8-15-7-4-5-9-17(15)18/h4-5,7,9,16,18H,3,6,8,10-14H2,1-2H3/t18-/m0/s1. The van der Waals surface area contributed by atoms with E-state index in [1.807, 2.05) is 11.8 Å². The first kappa shape index (κ1) is 15.5. The predicted octanol–water partition coefficient (Wildman–Crippen LogP) is 3.40. The number of benzene rings is 1. The Bertz CT molecular complexity index is 520. The maximum absolute atomic E-state index is 11.8. The first-order valence-corrected chi connectivity index (χ1v) is 8.78. The Hall–Kier alpha value is -1.35. The number of likely N-dealkylation sites (tertiary alicyclic amines) is 1. The van der Waals surface area contributed by atoms with Crippen molar-refractivity contribution in [3.05, 3.63) is 35.4 Å². The van der Waals surface area contributed by atoms with Crippen LogP contribution in [0.1, 0.15) is 56.2 Å². The van der Waals surface area contributed by atoms with E-state index in [0.717, 1.165) is 25.9 Å². The number of carbonyl (C=O) groups excluding carboxylic acids is 1. The summed E-state index contributed by atoms with van der Waals surface area (Å²) in [6.45, 7) is 3.81. The predicted molar refractivity (Wildman–Crippen MR) is 89.8 cm³/mol. The van der Waals surface area contributed by atoms with Crippen molar-refractivity contribution >= 4 is 5.91 Å². The molecule has 1 heterocycles. The van der Waals surface area contributed by atoms with Gasteiger partial charge >= 0.3 is 0 Å². The molecule has 3 heteroatoms. The average Bonchev–Trinajstić information content (AvgIpc) is 2.60. The van der Waals surface area contributed by atoms with Crippen LogP contribution in [-0.2, 0) is 11.2 Å². The number of carbonyl (C=O) groups is 1. The number of amides is 1. The van der Waals surface area contributed by atoms with E-state index in [1.165, 1.54) is 30.4 Å². The van der Waals surface area contributed by atoms with Crippen LogP contribution in [-0.4, -0.2) is 41.9 Å². The molecule has 2 aliphatic rings. The molecule has 22 heavy (non-hydrogen) atoms. The van der Waals surface area contributed by atoms with E-state index in [-0.39, 0.29) is 0 Å². The second-order valence-electron chi connectivity index (χ2n) is 6.74. The third-order valence-corrected chi connectivity index (χ3v) is 5.52. The second kappa shape index (κ2) is 6.82. The molecule has 0 aromatic heterocycles. The number of fused-ring (bicyclic) bond motifs is 1. The molecule has 0 spiro atoms. The van der Waals surface area contributed by atoms with Crippen LogP contribution in [0.15, 0.2) is 24.3 Å². The molecule has 0 bridgehead atoms. The van der Waals surface area contributed by atoms with Crippen LogP contribution < -0.4 is 0 Å². The van der Waals surface area contributed by atoms with Gasteiger partial charge in [0.15, 0.2) is 0 Å². The van der Waals surface area contributed by atoms with Crippen molar-refractivity contribution in [3.8, 4) is 0 Å². The van der Waals surface area contributed by atoms with Gasteiger partial charge in [0, 0.05) is 31.6 Å². The van der Waals surface area contributed by atoms with Crippen molar-refractivity contribution in [1.82, 2.24) is 9.80 Å². The van der Waals surface area contributed by atoms with Crippen molar-refractivity contribution in [3.63, 3.8) is 0 Å². The third kappa shape index (κ3) is 3.05. The smallest absolute Gasteiger partial charge is 0.222 e. The number of nitrogens with zero attached hydrogens (tertiary/aromatic N) is 2. The Kier molecular flexibility index (Phi) is 4.82. The van der Waals surface area contributed by atoms with Gasteiger partial charge in [-0.25, -0.2) is 0 Å². The summed E-state index contributed by atoms with van der Waals surface area (Å²) >= 11 is 0. The average molecular weight is 300 g/mol. The first-order valence-electron chi connectivity index (χ1n) is 8.78. The summed E-state index contributed by atoms with van der Waals surface area (Å²) in [7, 11) is 2.29. The number of rotatable bonds is 3. The van der Waals surface area contributed by atoms with Crippen molar-refractivity contribution in [1.29, 1.82) is 0 Å². The Morgan fingerprint density at radius 1 is 1.23 bits per heavy atom. The van der Waals surface area contributed by atoms with Crippen LogP contribution in [0.25, 0.3) is 0 Å². The normalized spacial score (nSPS) is 22.7. The molecule has 1 amide bonds. The minimum absolute atomic E-state index is 0.309. The molecule has 120 valence electrons. The monoisotopic (exact) mass is 300 g/mol. The molecule has 0 N–H and O–H groups in total. The summed E-state index contributed by atoms with van der Waals surface area (Å²) in [5.41, 5.74) is 3.06. The maximum Gasteiger partial charge on any atom is 0.222 e. The van der Waals surface area contributed by atoms with Crippen molar-refractivity contribution in [2.24, 2.45) is 0 Å². The van der Waals surface area contributed by atoms with E-state index in [2.05, 4.69) is 36.2 Å². The largest absolute Gasteiger partial charge is 0.343 e. The number of hydrogen-bond donors (Lipinski definition) is 0. The van der Waals surface area contributed by atoms with Gasteiger partial charge in [-0.3, -0.25) is 9.69 Å². The van der Waals surface area contributed by atoms with Gasteiger partial charge in [0.1, 0.15) is 0 Å². The zero-order valence-corrected chi connectivity index (χ0v) is 13.9. The van der Waals surface area contributed by atoms with Gasteiger partial charge in [0.25, 0.3) is 0 Å². The van der Waals surface area contributed by atoms with Gasteiger partial charge in [0.05, 0.1) is 0 Å². The van der Waals surface area contributed by atoms with E-state index >= 15 is 0 Å². The van der Waals surface area contributed by atoms with Crippen LogP contribution >= 0.6 is 0 Å². The van der Waals surface area contributed by atoms with Crippen molar-refractivity contribution in [2.45, 2.75) is 57.5 Å². The molecule has 3 rings (SSSR count). The second-order valence-corrected chi connectivity index (χ2v) is 6.74. The fraction of sp³-hybridized carbons (Fsp3) is 0.632. The lowest BCUT2D eigenvalue weighted by Gasteiger charge is -2.42. The van der Waals surface area contributed by atoms with Gasteiger partial charge in [-0.2, -0.15) is 0 Å². The summed E-state index contributed by atoms with van der Waals surface area (Å²) < 4.78 is 0. The molecular formula is C19H28N2O. The Balaban J connectivity index is 1.66. The van der Waals surface area contributed by atoms with Gasteiger partial charge in [-0.15, -0.1) is 0 Å². The molecule has 0 saturated carbocycles. The van der Waals surface area contributed by atoms with Crippen LogP contribution in [0, 0.1) is 0 Å². The zero-order valence-electron chi connectivity index (χ0n) is 13.9. The molecular weight excluding hydrogens is 272 g/mol. The van der Waals surface area contributed by atoms with Crippen LogP contribution in [0.5, 0.6) is 0 Å². The third-order valence-electron chi connectivity index (χ3n) is 5.52. The van der Waals surface area contributed by atoms with Crippen LogP contribution in [0.4, 0.5) is 0 Å². The van der Waals surface area contributed by atoms with E-state index < -0.39 is 0 Å². The highest BCUT2D eigenvalue weighted by molar-refractivity contribution is 5.75. The van der Waals surface area contributed by atoms with Crippen molar-refractivity contribution in [2.75, 3.05) is 20.1 Å². The maximum atomic E-state index is 11.8. The van der Waals surface area contributed by atoms with E-state index in [9.17, 15) is 4.79 Å². The molecule has 1 aliphatic heterocycles. The lowest BCUT2D eigenvalue weighted by Crippen LogP contribution is -2.46. The summed E-state index contributed by atoms with van der Waals surface area (Å²) in [6, 6.07) is 10.1. The van der Waals surface area contributed by atoms with E-state index in [1.54, 1.807) is 0 Å². The SMILES string of the molecule is CCC(=O)N1CCC(N(C)[C@H]2CCCc3ccccc32)CC1. The quantitative estimate of drug-likeness (QED) is 0.854. The summed E-state index contributed by atoms with van der Waals surface area (Å²) in [6.07, 6.45) is 6.64. The number of hydrogen-bond acceptors (Lipinski definition) is 2. The van der Waals surface area contributed by atoms with Crippen molar-refractivity contribution < 1.29 is 4.79 Å². The minimum Gasteiger partial charge on any atom is -0.343 e. The van der Waals surface area contributed by atoms with Gasteiger partial charge < -0.3 is 4.90 Å². The van der Waals surface area contributed by atoms with E-state index in [0.29, 0.717) is 24.4 Å². The topological polar surface area (TPSA) is 23.6 Å². The molecule has 1 saturated heterocycles. The lowest BCUT2D eigenvalue weighted by atomic mass is 9.85. The molecule has 1 fully saturated rings. The van der Waals surface area contributed by atoms with Gasteiger partial charge in [-0.1, -0.05) is 31.2 Å². The summed E-state index contributed by atoms with van der Waals surface area (Å²) in [5, 5.41) is 0. The Morgan fingerprint density at radius 3 is 2.68 bits per heavy atom. The number of piperidine rings is 1. The summed E-state index contributed by atoms with van der Waals surface area (Å²) in [4.78, 5) is 16.5. The molecule has 0 unspecified atom stereocenters. The molecule has 0 radical (unpaired) electrons. The fourth-order valence-electron chi connectivity index (χ4n) is 4.15. The Labute approximate surface area is 134 Å². The highest BCUT2D eigenvalue weighted by atomic mass is 16.2. The molecule has 1 atom stereocenters. The van der Waals surface area contributed by atoms with Gasteiger partial charge in [0.2, 0.25) is 5.91 Å². The first-order chi connectivity index (χ1) is 10.7. The highest BCUT2D eigenvalue weighted by Gasteiger charge is 2.31. The fourth-order valence-corrected chi connectivity index (χ4v) is 4.15. The molecule has 1 aromatic carbocycles.